The second-order valence-corrected chi connectivity index (χ2v) is 4.68. The molecule has 0 aromatic heterocycles. The Kier molecular flexibility index (Phi) is 3.17. The lowest BCUT2D eigenvalue weighted by Gasteiger charge is -2.25. The van der Waals surface area contributed by atoms with Crippen molar-refractivity contribution in [3.05, 3.63) is 33.9 Å². The molecular weight excluding hydrogens is 232 g/mol. The van der Waals surface area contributed by atoms with E-state index in [1.54, 1.807) is 12.1 Å². The standard InChI is InChI=1S/C12H14N4O2/c1-12(5-6-14-8-12)15-10-4-2-3-9(7-13)11(10)16(17)18/h2-4,14-15H,5-6,8H2,1H3. The first-order valence-electron chi connectivity index (χ1n) is 5.72. The Hall–Kier alpha value is -2.13. The smallest absolute Gasteiger partial charge is 0.309 e. The molecule has 1 aromatic carbocycles. The first kappa shape index (κ1) is 12.3. The lowest BCUT2D eigenvalue weighted by atomic mass is 10.0. The number of hydrogen-bond donors (Lipinski definition) is 2. The van der Waals surface area contributed by atoms with E-state index in [0.29, 0.717) is 5.69 Å². The number of rotatable bonds is 3. The van der Waals surface area contributed by atoms with Crippen LogP contribution in [-0.4, -0.2) is 23.6 Å². The maximum Gasteiger partial charge on any atom is 0.309 e. The summed E-state index contributed by atoms with van der Waals surface area (Å²) >= 11 is 0. The minimum atomic E-state index is -0.507. The maximum atomic E-state index is 11.1. The van der Waals surface area contributed by atoms with Gasteiger partial charge in [-0.2, -0.15) is 5.26 Å². The summed E-state index contributed by atoms with van der Waals surface area (Å²) in [5.74, 6) is 0. The fraction of sp³-hybridized carbons (Fsp3) is 0.417. The average molecular weight is 246 g/mol. The zero-order chi connectivity index (χ0) is 13.2. The van der Waals surface area contributed by atoms with Gasteiger partial charge in [0.15, 0.2) is 0 Å². The highest BCUT2D eigenvalue weighted by Gasteiger charge is 2.31. The molecule has 1 heterocycles. The molecule has 1 saturated heterocycles. The van der Waals surface area contributed by atoms with E-state index in [4.69, 9.17) is 5.26 Å². The second-order valence-electron chi connectivity index (χ2n) is 4.68. The number of nitro benzene ring substituents is 1. The lowest BCUT2D eigenvalue weighted by Crippen LogP contribution is -2.37. The normalized spacial score (nSPS) is 22.4. The van der Waals surface area contributed by atoms with E-state index < -0.39 is 4.92 Å². The Morgan fingerprint density at radius 3 is 2.94 bits per heavy atom. The lowest BCUT2D eigenvalue weighted by molar-refractivity contribution is -0.384. The molecule has 1 aliphatic heterocycles. The van der Waals surface area contributed by atoms with Crippen molar-refractivity contribution in [2.45, 2.75) is 18.9 Å². The molecular formula is C12H14N4O2. The molecule has 1 atom stereocenters. The molecule has 1 aliphatic rings. The molecule has 1 aromatic rings. The first-order valence-corrected chi connectivity index (χ1v) is 5.72. The average Bonchev–Trinajstić information content (AvgIpc) is 2.75. The summed E-state index contributed by atoms with van der Waals surface area (Å²) in [5.41, 5.74) is 0.136. The van der Waals surface area contributed by atoms with Crippen LogP contribution in [0.3, 0.4) is 0 Å². The van der Waals surface area contributed by atoms with Crippen LogP contribution in [0, 0.1) is 21.4 Å². The van der Waals surface area contributed by atoms with Gasteiger partial charge in [0.05, 0.1) is 4.92 Å². The van der Waals surface area contributed by atoms with Crippen LogP contribution < -0.4 is 10.6 Å². The molecule has 1 unspecified atom stereocenters. The molecule has 0 spiro atoms. The molecule has 0 aliphatic carbocycles. The largest absolute Gasteiger partial charge is 0.373 e. The van der Waals surface area contributed by atoms with Gasteiger partial charge in [-0.25, -0.2) is 0 Å². The van der Waals surface area contributed by atoms with E-state index >= 15 is 0 Å². The summed E-state index contributed by atoms with van der Waals surface area (Å²) in [6.45, 7) is 3.64. The van der Waals surface area contributed by atoms with Crippen LogP contribution >= 0.6 is 0 Å². The Balaban J connectivity index is 2.39. The van der Waals surface area contributed by atoms with Crippen molar-refractivity contribution in [1.29, 1.82) is 5.26 Å². The molecule has 2 N–H and O–H groups in total. The third-order valence-corrected chi connectivity index (χ3v) is 3.14. The second kappa shape index (κ2) is 4.63. The van der Waals surface area contributed by atoms with E-state index in [2.05, 4.69) is 10.6 Å². The Labute approximate surface area is 105 Å². The summed E-state index contributed by atoms with van der Waals surface area (Å²) in [7, 11) is 0. The Bertz CT molecular complexity index is 515. The highest BCUT2D eigenvalue weighted by atomic mass is 16.6. The summed E-state index contributed by atoms with van der Waals surface area (Å²) in [5, 5.41) is 26.4. The third-order valence-electron chi connectivity index (χ3n) is 3.14. The summed E-state index contributed by atoms with van der Waals surface area (Å²) in [4.78, 5) is 10.6. The van der Waals surface area contributed by atoms with Gasteiger partial charge in [0.2, 0.25) is 0 Å². The Morgan fingerprint density at radius 2 is 2.39 bits per heavy atom. The van der Waals surface area contributed by atoms with Crippen LogP contribution in [0.2, 0.25) is 0 Å². The van der Waals surface area contributed by atoms with Gasteiger partial charge in [0.25, 0.3) is 0 Å². The molecule has 2 rings (SSSR count). The minimum Gasteiger partial charge on any atom is -0.373 e. The van der Waals surface area contributed by atoms with Gasteiger partial charge >= 0.3 is 5.69 Å². The molecule has 0 radical (unpaired) electrons. The van der Waals surface area contributed by atoms with E-state index in [-0.39, 0.29) is 16.8 Å². The SMILES string of the molecule is CC1(Nc2cccc(C#N)c2[N+](=O)[O-])CCNC1. The number of anilines is 1. The van der Waals surface area contributed by atoms with Crippen LogP contribution in [0.25, 0.3) is 0 Å². The predicted octanol–water partition coefficient (Wildman–Crippen LogP) is 1.63. The third kappa shape index (κ3) is 2.26. The molecule has 0 amide bonds. The van der Waals surface area contributed by atoms with Crippen molar-refractivity contribution in [1.82, 2.24) is 5.32 Å². The molecule has 0 saturated carbocycles. The highest BCUT2D eigenvalue weighted by molar-refractivity contribution is 5.69. The summed E-state index contributed by atoms with van der Waals surface area (Å²) < 4.78 is 0. The first-order chi connectivity index (χ1) is 8.56. The van der Waals surface area contributed by atoms with Crippen molar-refractivity contribution in [2.75, 3.05) is 18.4 Å². The van der Waals surface area contributed by atoms with Gasteiger partial charge < -0.3 is 10.6 Å². The van der Waals surface area contributed by atoms with E-state index in [1.807, 2.05) is 13.0 Å². The number of nitrogens with zero attached hydrogens (tertiary/aromatic N) is 2. The van der Waals surface area contributed by atoms with Gasteiger partial charge in [-0.3, -0.25) is 10.1 Å². The zero-order valence-corrected chi connectivity index (χ0v) is 10.1. The van der Waals surface area contributed by atoms with Crippen molar-refractivity contribution >= 4 is 11.4 Å². The van der Waals surface area contributed by atoms with E-state index in [9.17, 15) is 10.1 Å². The molecule has 18 heavy (non-hydrogen) atoms. The predicted molar refractivity (Wildman–Crippen MR) is 67.3 cm³/mol. The fourth-order valence-corrected chi connectivity index (χ4v) is 2.18. The van der Waals surface area contributed by atoms with Gasteiger partial charge in [0, 0.05) is 12.1 Å². The Morgan fingerprint density at radius 1 is 1.61 bits per heavy atom. The zero-order valence-electron chi connectivity index (χ0n) is 10.1. The van der Waals surface area contributed by atoms with Crippen molar-refractivity contribution in [3.8, 4) is 6.07 Å². The molecule has 1 fully saturated rings. The summed E-state index contributed by atoms with van der Waals surface area (Å²) in [6, 6.07) is 6.61. The van der Waals surface area contributed by atoms with Gasteiger partial charge in [-0.1, -0.05) is 6.07 Å². The fourth-order valence-electron chi connectivity index (χ4n) is 2.18. The van der Waals surface area contributed by atoms with Crippen molar-refractivity contribution in [3.63, 3.8) is 0 Å². The van der Waals surface area contributed by atoms with Crippen molar-refractivity contribution < 1.29 is 4.92 Å². The number of nitro groups is 1. The topological polar surface area (TPSA) is 91.0 Å². The van der Waals surface area contributed by atoms with Crippen molar-refractivity contribution in [2.24, 2.45) is 0 Å². The molecule has 0 bridgehead atoms. The van der Waals surface area contributed by atoms with Crippen LogP contribution in [0.1, 0.15) is 18.9 Å². The van der Waals surface area contributed by atoms with Gasteiger partial charge in [0.1, 0.15) is 17.3 Å². The molecule has 6 heteroatoms. The van der Waals surface area contributed by atoms with Crippen LogP contribution in [0.5, 0.6) is 0 Å². The number of hydrogen-bond acceptors (Lipinski definition) is 5. The maximum absolute atomic E-state index is 11.1. The van der Waals surface area contributed by atoms with E-state index in [1.165, 1.54) is 6.07 Å². The monoisotopic (exact) mass is 246 g/mol. The van der Waals surface area contributed by atoms with Crippen LogP contribution in [0.4, 0.5) is 11.4 Å². The number of para-hydroxylation sites is 1. The number of nitrogens with one attached hydrogen (secondary N) is 2. The number of benzene rings is 1. The van der Waals surface area contributed by atoms with E-state index in [0.717, 1.165) is 19.5 Å². The highest BCUT2D eigenvalue weighted by Crippen LogP contribution is 2.31. The molecule has 94 valence electrons. The van der Waals surface area contributed by atoms with Gasteiger partial charge in [-0.15, -0.1) is 0 Å². The minimum absolute atomic E-state index is 0.0829. The quantitative estimate of drug-likeness (QED) is 0.624. The summed E-state index contributed by atoms with van der Waals surface area (Å²) in [6.07, 6.45) is 0.890. The van der Waals surface area contributed by atoms with Crippen LogP contribution in [-0.2, 0) is 0 Å². The number of nitriles is 1. The molecule has 6 nitrogen and oxygen atoms in total. The van der Waals surface area contributed by atoms with Crippen LogP contribution in [0.15, 0.2) is 18.2 Å². The van der Waals surface area contributed by atoms with Gasteiger partial charge in [-0.05, 0) is 32.0 Å².